The Kier molecular flexibility index (Phi) is 11.5. The number of carboxylic acids is 1. The van der Waals surface area contributed by atoms with Crippen molar-refractivity contribution in [2.75, 3.05) is 7.11 Å². The van der Waals surface area contributed by atoms with Crippen LogP contribution in [0.25, 0.3) is 0 Å². The van der Waals surface area contributed by atoms with E-state index in [0.717, 1.165) is 62.7 Å². The predicted molar refractivity (Wildman–Crippen MR) is 110 cm³/mol. The molecule has 27 heavy (non-hydrogen) atoms. The largest absolute Gasteiger partial charge is 0.497 e. The lowest BCUT2D eigenvalue weighted by molar-refractivity contribution is -0.138. The first-order chi connectivity index (χ1) is 12.9. The average Bonchev–Trinajstić information content (AvgIpc) is 2.65. The Hall–Kier alpha value is -1.26. The average molecular weight is 417 g/mol. The van der Waals surface area contributed by atoms with Crippen LogP contribution < -0.4 is 4.74 Å². The van der Waals surface area contributed by atoms with Gasteiger partial charge in [-0.05, 0) is 43.5 Å². The Morgan fingerprint density at radius 2 is 1.37 bits per heavy atom. The van der Waals surface area contributed by atoms with Crippen molar-refractivity contribution in [2.45, 2.75) is 75.0 Å². The molecule has 0 aliphatic heterocycles. The van der Waals surface area contributed by atoms with Crippen LogP contribution in [0.4, 0.5) is 0 Å². The molecule has 0 aliphatic carbocycles. The van der Waals surface area contributed by atoms with Gasteiger partial charge in [-0.1, -0.05) is 68.1 Å². The maximum Gasteiger partial charge on any atom is 0.340 e. The molecule has 1 aromatic carbocycles. The number of methoxy groups -OCH3 is 1. The Morgan fingerprint density at radius 1 is 0.889 bits per heavy atom. The smallest absolute Gasteiger partial charge is 0.340 e. The summed E-state index contributed by atoms with van der Waals surface area (Å²) in [6.45, 7) is 0. The molecule has 0 saturated heterocycles. The minimum atomic E-state index is -1.65. The lowest BCUT2D eigenvalue weighted by atomic mass is 10.0. The van der Waals surface area contributed by atoms with Gasteiger partial charge in [0, 0.05) is 12.0 Å². The fraction of sp³-hybridized carbons (Fsp3) is 0.619. The lowest BCUT2D eigenvalue weighted by Crippen LogP contribution is -2.25. The van der Waals surface area contributed by atoms with Crippen LogP contribution in [0.1, 0.15) is 81.0 Å². The number of carboxylic acid groups (broad SMARTS) is 1. The summed E-state index contributed by atoms with van der Waals surface area (Å²) in [5.41, 5.74) is 0.747. The lowest BCUT2D eigenvalue weighted by Gasteiger charge is -2.13. The van der Waals surface area contributed by atoms with E-state index in [1.54, 1.807) is 7.11 Å². The number of alkyl halides is 2. The summed E-state index contributed by atoms with van der Waals surface area (Å²) >= 11 is 11.4. The van der Waals surface area contributed by atoms with E-state index in [1.807, 2.05) is 24.3 Å². The highest BCUT2D eigenvalue weighted by molar-refractivity contribution is 6.57. The second kappa shape index (κ2) is 13.0. The maximum absolute atomic E-state index is 12.1. The number of halogens is 2. The van der Waals surface area contributed by atoms with Crippen LogP contribution in [0, 0.1) is 0 Å². The third-order valence-electron chi connectivity index (χ3n) is 4.62. The van der Waals surface area contributed by atoms with E-state index in [-0.39, 0.29) is 12.2 Å². The monoisotopic (exact) mass is 416 g/mol. The van der Waals surface area contributed by atoms with Crippen LogP contribution >= 0.6 is 23.2 Å². The van der Waals surface area contributed by atoms with Gasteiger partial charge >= 0.3 is 5.97 Å². The van der Waals surface area contributed by atoms with Crippen LogP contribution in [-0.2, 0) is 4.79 Å². The maximum atomic E-state index is 12.1. The molecule has 0 atom stereocenters. The molecule has 0 spiro atoms. The van der Waals surface area contributed by atoms with Crippen molar-refractivity contribution in [3.05, 3.63) is 29.8 Å². The summed E-state index contributed by atoms with van der Waals surface area (Å²) in [7, 11) is 1.61. The number of carbonyl (C=O) groups excluding carboxylic acids is 1. The fourth-order valence-electron chi connectivity index (χ4n) is 2.90. The van der Waals surface area contributed by atoms with Crippen LogP contribution in [0.5, 0.6) is 5.75 Å². The molecular weight excluding hydrogens is 387 g/mol. The van der Waals surface area contributed by atoms with Crippen LogP contribution in [0.15, 0.2) is 24.3 Å². The van der Waals surface area contributed by atoms with Crippen molar-refractivity contribution in [2.24, 2.45) is 0 Å². The van der Waals surface area contributed by atoms with Gasteiger partial charge in [0.1, 0.15) is 5.75 Å². The van der Waals surface area contributed by atoms with Gasteiger partial charge in [0.05, 0.1) is 7.11 Å². The molecule has 0 radical (unpaired) electrons. The van der Waals surface area contributed by atoms with Crippen molar-refractivity contribution < 1.29 is 19.4 Å². The number of benzene rings is 1. The number of Topliss-reactive ketones (excluding diaryl/α,β-unsaturated/α-hetero) is 1. The molecule has 6 heteroatoms. The van der Waals surface area contributed by atoms with Gasteiger partial charge in [-0.3, -0.25) is 4.79 Å². The Labute approximate surface area is 172 Å². The minimum Gasteiger partial charge on any atom is -0.497 e. The summed E-state index contributed by atoms with van der Waals surface area (Å²) in [5.74, 6) is -0.219. The molecule has 1 rings (SSSR count). The predicted octanol–water partition coefficient (Wildman–Crippen LogP) is 6.43. The van der Waals surface area contributed by atoms with Gasteiger partial charge in [0.15, 0.2) is 5.78 Å². The summed E-state index contributed by atoms with van der Waals surface area (Å²) in [5, 5.41) is 8.82. The molecule has 0 aliphatic rings. The molecule has 0 fully saturated rings. The second-order valence-corrected chi connectivity index (χ2v) is 8.33. The summed E-state index contributed by atoms with van der Waals surface area (Å²) in [6.07, 6.45) is 10.2. The van der Waals surface area contributed by atoms with Gasteiger partial charge in [-0.2, -0.15) is 0 Å². The number of rotatable bonds is 15. The first-order valence-electron chi connectivity index (χ1n) is 9.65. The third-order valence-corrected chi connectivity index (χ3v) is 5.32. The number of ether oxygens (including phenoxy) is 1. The molecule has 4 nitrogen and oxygen atoms in total. The van der Waals surface area contributed by atoms with Crippen molar-refractivity contribution in [1.29, 1.82) is 0 Å². The van der Waals surface area contributed by atoms with E-state index < -0.39 is 10.3 Å². The van der Waals surface area contributed by atoms with Crippen LogP contribution in [0.2, 0.25) is 0 Å². The second-order valence-electron chi connectivity index (χ2n) is 6.84. The van der Waals surface area contributed by atoms with E-state index in [9.17, 15) is 9.59 Å². The van der Waals surface area contributed by atoms with Crippen molar-refractivity contribution in [1.82, 2.24) is 0 Å². The topological polar surface area (TPSA) is 63.6 Å². The molecule has 0 heterocycles. The zero-order chi connectivity index (χ0) is 20.1. The van der Waals surface area contributed by atoms with Gasteiger partial charge in [0.2, 0.25) is 4.33 Å². The first-order valence-corrected chi connectivity index (χ1v) is 10.4. The highest BCUT2D eigenvalue weighted by Gasteiger charge is 2.32. The van der Waals surface area contributed by atoms with Crippen molar-refractivity contribution in [3.63, 3.8) is 0 Å². The standard InChI is InChI=1S/C21H30Cl2O4/c1-27-18-14-12-17(13-15-18)19(24)11-9-7-5-3-2-4-6-8-10-16-21(22,23)20(25)26/h12-15H,2-11,16H2,1H3,(H,25,26). The van der Waals surface area contributed by atoms with Gasteiger partial charge < -0.3 is 9.84 Å². The molecule has 0 unspecified atom stereocenters. The molecule has 1 aromatic rings. The SMILES string of the molecule is COc1ccc(C(=O)CCCCCCCCCCCC(Cl)(Cl)C(=O)O)cc1. The number of carbonyl (C=O) groups is 2. The van der Waals surface area contributed by atoms with Crippen LogP contribution in [0.3, 0.4) is 0 Å². The van der Waals surface area contributed by atoms with Crippen LogP contribution in [-0.4, -0.2) is 28.3 Å². The Balaban J connectivity index is 1.97. The van der Waals surface area contributed by atoms with E-state index in [1.165, 1.54) is 6.42 Å². The molecule has 0 bridgehead atoms. The van der Waals surface area contributed by atoms with Crippen molar-refractivity contribution in [3.8, 4) is 5.75 Å². The molecule has 1 N–H and O–H groups in total. The molecule has 0 saturated carbocycles. The van der Waals surface area contributed by atoms with Gasteiger partial charge in [0.25, 0.3) is 0 Å². The zero-order valence-corrected chi connectivity index (χ0v) is 17.5. The van der Waals surface area contributed by atoms with Gasteiger partial charge in [-0.15, -0.1) is 0 Å². The summed E-state index contributed by atoms with van der Waals surface area (Å²) < 4.78 is 3.44. The van der Waals surface area contributed by atoms with E-state index >= 15 is 0 Å². The summed E-state index contributed by atoms with van der Waals surface area (Å²) in [6, 6.07) is 7.26. The highest BCUT2D eigenvalue weighted by Crippen LogP contribution is 2.28. The molecule has 0 aromatic heterocycles. The third kappa shape index (κ3) is 10.0. The molecule has 0 amide bonds. The first kappa shape index (κ1) is 23.8. The van der Waals surface area contributed by atoms with E-state index in [2.05, 4.69) is 0 Å². The van der Waals surface area contributed by atoms with E-state index in [0.29, 0.717) is 6.42 Å². The number of aliphatic carboxylic acids is 1. The van der Waals surface area contributed by atoms with Gasteiger partial charge in [-0.25, -0.2) is 4.79 Å². The number of unbranched alkanes of at least 4 members (excludes halogenated alkanes) is 8. The molecular formula is C21H30Cl2O4. The molecule has 152 valence electrons. The Bertz CT molecular complexity index is 570. The van der Waals surface area contributed by atoms with Crippen molar-refractivity contribution >= 4 is 35.0 Å². The number of hydrogen-bond acceptors (Lipinski definition) is 3. The number of hydrogen-bond donors (Lipinski definition) is 1. The minimum absolute atomic E-state index is 0.189. The Morgan fingerprint density at radius 3 is 1.85 bits per heavy atom. The normalized spacial score (nSPS) is 11.4. The fourth-order valence-corrected chi connectivity index (χ4v) is 3.17. The highest BCUT2D eigenvalue weighted by atomic mass is 35.5. The van der Waals surface area contributed by atoms with E-state index in [4.69, 9.17) is 33.0 Å². The number of ketones is 1. The zero-order valence-electron chi connectivity index (χ0n) is 16.0. The summed E-state index contributed by atoms with van der Waals surface area (Å²) in [4.78, 5) is 22.9. The quantitative estimate of drug-likeness (QED) is 0.203.